The quantitative estimate of drug-likeness (QED) is 0.500. The summed E-state index contributed by atoms with van der Waals surface area (Å²) in [6, 6.07) is 7.66. The zero-order chi connectivity index (χ0) is 21.3. The van der Waals surface area contributed by atoms with Crippen molar-refractivity contribution < 1.29 is 9.53 Å². The largest absolute Gasteiger partial charge is 0.376 e. The van der Waals surface area contributed by atoms with Crippen molar-refractivity contribution in [2.24, 2.45) is 5.10 Å². The molecule has 0 unspecified atom stereocenters. The molecular weight excluding hydrogens is 378 g/mol. The Morgan fingerprint density at radius 1 is 1.30 bits per heavy atom. The highest BCUT2D eigenvalue weighted by Gasteiger charge is 2.18. The van der Waals surface area contributed by atoms with Crippen molar-refractivity contribution in [1.82, 2.24) is 19.5 Å². The second kappa shape index (κ2) is 8.44. The fourth-order valence-electron chi connectivity index (χ4n) is 4.25. The third-order valence-electron chi connectivity index (χ3n) is 5.91. The van der Waals surface area contributed by atoms with Gasteiger partial charge in [-0.05, 0) is 64.8 Å². The van der Waals surface area contributed by atoms with Crippen LogP contribution in [0.3, 0.4) is 0 Å². The number of nitrogens with zero attached hydrogens (tertiary/aromatic N) is 4. The average Bonchev–Trinajstić information content (AvgIpc) is 3.42. The molecule has 3 heterocycles. The summed E-state index contributed by atoms with van der Waals surface area (Å²) in [7, 11) is 0. The Morgan fingerprint density at radius 3 is 2.87 bits per heavy atom. The summed E-state index contributed by atoms with van der Waals surface area (Å²) in [6.07, 6.45) is 4.24. The second-order valence-electron chi connectivity index (χ2n) is 7.88. The van der Waals surface area contributed by atoms with Gasteiger partial charge in [-0.15, -0.1) is 0 Å². The predicted molar refractivity (Wildman–Crippen MR) is 118 cm³/mol. The van der Waals surface area contributed by atoms with Crippen LogP contribution in [-0.2, 0) is 17.8 Å². The summed E-state index contributed by atoms with van der Waals surface area (Å²) >= 11 is 0. The summed E-state index contributed by atoms with van der Waals surface area (Å²) in [6.45, 7) is 10.8. The van der Waals surface area contributed by atoms with Crippen LogP contribution in [-0.4, -0.2) is 39.0 Å². The number of benzene rings is 1. The van der Waals surface area contributed by atoms with E-state index >= 15 is 0 Å². The van der Waals surface area contributed by atoms with Crippen molar-refractivity contribution in [2.75, 3.05) is 6.61 Å². The Hall–Kier alpha value is -2.93. The van der Waals surface area contributed by atoms with Gasteiger partial charge in [0, 0.05) is 42.2 Å². The molecule has 2 aromatic heterocycles. The lowest BCUT2D eigenvalue weighted by Gasteiger charge is -2.14. The standard InChI is InChI=1S/C23H29N5O2/c1-5-27-17(4)25-21-12-18(8-9-22(21)27)23(29)26-24-13-19-11-15(2)28(16(19)3)14-20-7-6-10-30-20/h8-9,11-13,20H,5-7,10,14H2,1-4H3,(H,26,29)/b24-13-/t20-/m1/s1. The molecule has 30 heavy (non-hydrogen) atoms. The van der Waals surface area contributed by atoms with E-state index in [1.165, 1.54) is 5.69 Å². The molecule has 1 N–H and O–H groups in total. The van der Waals surface area contributed by atoms with Gasteiger partial charge in [0.15, 0.2) is 0 Å². The zero-order valence-corrected chi connectivity index (χ0v) is 18.1. The molecule has 0 radical (unpaired) electrons. The van der Waals surface area contributed by atoms with Crippen LogP contribution < -0.4 is 5.43 Å². The number of aromatic nitrogens is 3. The maximum absolute atomic E-state index is 12.5. The molecule has 158 valence electrons. The highest BCUT2D eigenvalue weighted by molar-refractivity contribution is 5.98. The first-order valence-corrected chi connectivity index (χ1v) is 10.6. The van der Waals surface area contributed by atoms with E-state index in [9.17, 15) is 4.79 Å². The van der Waals surface area contributed by atoms with Crippen LogP contribution >= 0.6 is 0 Å². The van der Waals surface area contributed by atoms with E-state index in [0.717, 1.165) is 60.7 Å². The Balaban J connectivity index is 1.45. The maximum atomic E-state index is 12.5. The number of hydrogen-bond donors (Lipinski definition) is 1. The summed E-state index contributed by atoms with van der Waals surface area (Å²) in [5, 5.41) is 4.19. The van der Waals surface area contributed by atoms with E-state index in [1.807, 2.05) is 25.1 Å². The smallest absolute Gasteiger partial charge is 0.271 e. The van der Waals surface area contributed by atoms with Gasteiger partial charge in [0.2, 0.25) is 0 Å². The lowest BCUT2D eigenvalue weighted by molar-refractivity contribution is 0.0954. The normalized spacial score (nSPS) is 16.7. The summed E-state index contributed by atoms with van der Waals surface area (Å²) in [5.74, 6) is 0.700. The van der Waals surface area contributed by atoms with Crippen LogP contribution in [0.25, 0.3) is 11.0 Å². The molecule has 1 aliphatic heterocycles. The summed E-state index contributed by atoms with van der Waals surface area (Å²) in [4.78, 5) is 17.1. The van der Waals surface area contributed by atoms with Crippen molar-refractivity contribution in [3.05, 3.63) is 52.6 Å². The van der Waals surface area contributed by atoms with E-state index in [4.69, 9.17) is 4.74 Å². The van der Waals surface area contributed by atoms with Crippen LogP contribution in [0, 0.1) is 20.8 Å². The Labute approximate surface area is 176 Å². The molecule has 7 nitrogen and oxygen atoms in total. The highest BCUT2D eigenvalue weighted by atomic mass is 16.5. The van der Waals surface area contributed by atoms with Crippen LogP contribution in [0.15, 0.2) is 29.4 Å². The summed E-state index contributed by atoms with van der Waals surface area (Å²) in [5.41, 5.74) is 8.34. The lowest BCUT2D eigenvalue weighted by Crippen LogP contribution is -2.18. The number of imidazole rings is 1. The average molecular weight is 408 g/mol. The maximum Gasteiger partial charge on any atom is 0.271 e. The molecule has 1 atom stereocenters. The molecule has 1 aromatic carbocycles. The van der Waals surface area contributed by atoms with Crippen molar-refractivity contribution in [2.45, 2.75) is 59.7 Å². The van der Waals surface area contributed by atoms with E-state index < -0.39 is 0 Å². The molecule has 1 amide bonds. The third kappa shape index (κ3) is 3.89. The van der Waals surface area contributed by atoms with Gasteiger partial charge in [-0.2, -0.15) is 5.10 Å². The Kier molecular flexibility index (Phi) is 5.72. The van der Waals surface area contributed by atoms with Crippen LogP contribution in [0.2, 0.25) is 0 Å². The number of carbonyl (C=O) groups is 1. The molecule has 0 saturated carbocycles. The lowest BCUT2D eigenvalue weighted by atomic mass is 10.2. The monoisotopic (exact) mass is 407 g/mol. The molecule has 1 fully saturated rings. The van der Waals surface area contributed by atoms with Gasteiger partial charge < -0.3 is 13.9 Å². The SMILES string of the molecule is CCn1c(C)nc2cc(C(=O)N/N=C\c3cc(C)n(C[C@H]4CCCO4)c3C)ccc21. The number of aryl methyl sites for hydroxylation is 3. The third-order valence-corrected chi connectivity index (χ3v) is 5.91. The molecule has 0 spiro atoms. The number of rotatable bonds is 6. The molecule has 1 saturated heterocycles. The van der Waals surface area contributed by atoms with Gasteiger partial charge in [-0.3, -0.25) is 4.79 Å². The molecule has 4 rings (SSSR count). The van der Waals surface area contributed by atoms with Crippen LogP contribution in [0.5, 0.6) is 0 Å². The number of hydrazone groups is 1. The molecule has 1 aliphatic rings. The second-order valence-corrected chi connectivity index (χ2v) is 7.88. The number of hydrogen-bond acceptors (Lipinski definition) is 4. The molecule has 3 aromatic rings. The molecule has 0 bridgehead atoms. The van der Waals surface area contributed by atoms with Gasteiger partial charge in [0.25, 0.3) is 5.91 Å². The van der Waals surface area contributed by atoms with Gasteiger partial charge in [-0.1, -0.05) is 0 Å². The molecular formula is C23H29N5O2. The van der Waals surface area contributed by atoms with E-state index in [0.29, 0.717) is 5.56 Å². The fourth-order valence-corrected chi connectivity index (χ4v) is 4.25. The zero-order valence-electron chi connectivity index (χ0n) is 18.1. The summed E-state index contributed by atoms with van der Waals surface area (Å²) < 4.78 is 10.2. The van der Waals surface area contributed by atoms with Gasteiger partial charge in [0.1, 0.15) is 5.82 Å². The van der Waals surface area contributed by atoms with Crippen LogP contribution in [0.1, 0.15) is 52.9 Å². The first-order valence-electron chi connectivity index (χ1n) is 10.6. The van der Waals surface area contributed by atoms with Crippen molar-refractivity contribution in [3.8, 4) is 0 Å². The van der Waals surface area contributed by atoms with Crippen molar-refractivity contribution in [3.63, 3.8) is 0 Å². The minimum absolute atomic E-state index is 0.245. The van der Waals surface area contributed by atoms with Gasteiger partial charge in [-0.25, -0.2) is 10.4 Å². The Bertz CT molecular complexity index is 1100. The first kappa shape index (κ1) is 20.3. The number of ether oxygens (including phenoxy) is 1. The van der Waals surface area contributed by atoms with Crippen LogP contribution in [0.4, 0.5) is 0 Å². The highest BCUT2D eigenvalue weighted by Crippen LogP contribution is 2.20. The first-order chi connectivity index (χ1) is 14.5. The Morgan fingerprint density at radius 2 is 2.13 bits per heavy atom. The number of amides is 1. The minimum Gasteiger partial charge on any atom is -0.376 e. The van der Waals surface area contributed by atoms with E-state index in [1.54, 1.807) is 6.21 Å². The molecule has 7 heteroatoms. The number of nitrogens with one attached hydrogen (secondary N) is 1. The van der Waals surface area contributed by atoms with E-state index in [2.05, 4.69) is 51.5 Å². The fraction of sp³-hybridized carbons (Fsp3) is 0.435. The predicted octanol–water partition coefficient (Wildman–Crippen LogP) is 3.73. The van der Waals surface area contributed by atoms with Crippen molar-refractivity contribution in [1.29, 1.82) is 0 Å². The number of carbonyl (C=O) groups excluding carboxylic acids is 1. The molecule has 0 aliphatic carbocycles. The topological polar surface area (TPSA) is 73.4 Å². The van der Waals surface area contributed by atoms with E-state index in [-0.39, 0.29) is 12.0 Å². The minimum atomic E-state index is -0.245. The van der Waals surface area contributed by atoms with Gasteiger partial charge in [0.05, 0.1) is 23.4 Å². The van der Waals surface area contributed by atoms with Gasteiger partial charge >= 0.3 is 0 Å². The van der Waals surface area contributed by atoms with Crippen molar-refractivity contribution >= 4 is 23.2 Å². The number of fused-ring (bicyclic) bond motifs is 1.